The minimum absolute atomic E-state index is 0.0253. The molecule has 2 aromatic carbocycles. The number of nitrogens with zero attached hydrogens (tertiary/aromatic N) is 1. The van der Waals surface area contributed by atoms with Crippen LogP contribution in [0, 0.1) is 6.92 Å². The SMILES string of the molecule is Cc1ccc(OC[C@@H](O)CN(CCO)Cc2ccccc2)c(C(C)(C)C)c1. The Morgan fingerprint density at radius 3 is 2.41 bits per heavy atom. The monoisotopic (exact) mass is 371 g/mol. The van der Waals surface area contributed by atoms with Crippen molar-refractivity contribution in [2.45, 2.75) is 45.8 Å². The fourth-order valence-corrected chi connectivity index (χ4v) is 3.11. The first-order valence-electron chi connectivity index (χ1n) is 9.58. The average Bonchev–Trinajstić information content (AvgIpc) is 2.61. The summed E-state index contributed by atoms with van der Waals surface area (Å²) in [6.07, 6.45) is -0.630. The molecule has 0 fully saturated rings. The van der Waals surface area contributed by atoms with E-state index in [2.05, 4.69) is 45.9 Å². The molecule has 2 N–H and O–H groups in total. The third kappa shape index (κ3) is 6.98. The lowest BCUT2D eigenvalue weighted by atomic mass is 9.85. The number of hydrogen-bond donors (Lipinski definition) is 2. The Kier molecular flexibility index (Phi) is 7.84. The molecule has 0 saturated carbocycles. The third-order valence-corrected chi connectivity index (χ3v) is 4.51. The summed E-state index contributed by atoms with van der Waals surface area (Å²) in [7, 11) is 0. The minimum Gasteiger partial charge on any atom is -0.491 e. The molecule has 0 amide bonds. The molecule has 148 valence electrons. The second-order valence-electron chi connectivity index (χ2n) is 8.16. The summed E-state index contributed by atoms with van der Waals surface area (Å²) in [6.45, 7) is 10.5. The lowest BCUT2D eigenvalue weighted by Gasteiger charge is -2.26. The molecular weight excluding hydrogens is 338 g/mol. The maximum absolute atomic E-state index is 10.5. The van der Waals surface area contributed by atoms with Gasteiger partial charge in [-0.3, -0.25) is 4.90 Å². The summed E-state index contributed by atoms with van der Waals surface area (Å²) >= 11 is 0. The molecule has 4 nitrogen and oxygen atoms in total. The van der Waals surface area contributed by atoms with Crippen molar-refractivity contribution in [1.29, 1.82) is 0 Å². The maximum atomic E-state index is 10.5. The van der Waals surface area contributed by atoms with Crippen molar-refractivity contribution in [2.75, 3.05) is 26.3 Å². The maximum Gasteiger partial charge on any atom is 0.123 e. The van der Waals surface area contributed by atoms with E-state index in [0.29, 0.717) is 19.6 Å². The molecule has 0 aliphatic carbocycles. The van der Waals surface area contributed by atoms with Crippen LogP contribution in [0.15, 0.2) is 48.5 Å². The number of benzene rings is 2. The van der Waals surface area contributed by atoms with Gasteiger partial charge < -0.3 is 14.9 Å². The number of aliphatic hydroxyl groups excluding tert-OH is 2. The topological polar surface area (TPSA) is 52.9 Å². The smallest absolute Gasteiger partial charge is 0.123 e. The molecule has 2 rings (SSSR count). The molecule has 0 bridgehead atoms. The van der Waals surface area contributed by atoms with E-state index < -0.39 is 6.10 Å². The van der Waals surface area contributed by atoms with Crippen LogP contribution < -0.4 is 4.74 Å². The van der Waals surface area contributed by atoms with Crippen LogP contribution in [0.2, 0.25) is 0 Å². The van der Waals surface area contributed by atoms with Gasteiger partial charge in [-0.25, -0.2) is 0 Å². The van der Waals surface area contributed by atoms with Gasteiger partial charge in [0.2, 0.25) is 0 Å². The van der Waals surface area contributed by atoms with Crippen molar-refractivity contribution in [1.82, 2.24) is 4.90 Å². The normalized spacial score (nSPS) is 13.0. The van der Waals surface area contributed by atoms with E-state index in [4.69, 9.17) is 4.74 Å². The van der Waals surface area contributed by atoms with E-state index in [9.17, 15) is 10.2 Å². The van der Waals surface area contributed by atoms with Crippen LogP contribution in [0.4, 0.5) is 0 Å². The van der Waals surface area contributed by atoms with Crippen molar-refractivity contribution in [3.63, 3.8) is 0 Å². The summed E-state index contributed by atoms with van der Waals surface area (Å²) in [5, 5.41) is 19.8. The van der Waals surface area contributed by atoms with E-state index in [1.54, 1.807) is 0 Å². The number of hydrogen-bond acceptors (Lipinski definition) is 4. The molecule has 4 heteroatoms. The van der Waals surface area contributed by atoms with E-state index in [0.717, 1.165) is 16.9 Å². The van der Waals surface area contributed by atoms with Gasteiger partial charge in [-0.2, -0.15) is 0 Å². The van der Waals surface area contributed by atoms with Crippen molar-refractivity contribution in [2.24, 2.45) is 0 Å². The zero-order valence-corrected chi connectivity index (χ0v) is 17.0. The van der Waals surface area contributed by atoms with Crippen molar-refractivity contribution in [3.8, 4) is 5.75 Å². The quantitative estimate of drug-likeness (QED) is 0.708. The molecule has 1 atom stereocenters. The minimum atomic E-state index is -0.630. The predicted octanol–water partition coefficient (Wildman–Crippen LogP) is 3.53. The summed E-state index contributed by atoms with van der Waals surface area (Å²) in [5.74, 6) is 0.823. The fraction of sp³-hybridized carbons (Fsp3) is 0.478. The summed E-state index contributed by atoms with van der Waals surface area (Å²) < 4.78 is 5.97. The van der Waals surface area contributed by atoms with Crippen LogP contribution >= 0.6 is 0 Å². The van der Waals surface area contributed by atoms with Gasteiger partial charge >= 0.3 is 0 Å². The lowest BCUT2D eigenvalue weighted by Crippen LogP contribution is -2.37. The average molecular weight is 372 g/mol. The van der Waals surface area contributed by atoms with Crippen LogP contribution in [-0.4, -0.2) is 47.5 Å². The van der Waals surface area contributed by atoms with Crippen molar-refractivity contribution < 1.29 is 14.9 Å². The molecule has 0 heterocycles. The van der Waals surface area contributed by atoms with Gasteiger partial charge in [-0.1, -0.05) is 68.8 Å². The number of aliphatic hydroxyl groups is 2. The second-order valence-corrected chi connectivity index (χ2v) is 8.16. The first kappa shape index (κ1) is 21.4. The summed E-state index contributed by atoms with van der Waals surface area (Å²) in [5.41, 5.74) is 3.48. The lowest BCUT2D eigenvalue weighted by molar-refractivity contribution is 0.0584. The largest absolute Gasteiger partial charge is 0.491 e. The van der Waals surface area contributed by atoms with Gasteiger partial charge in [0.15, 0.2) is 0 Å². The van der Waals surface area contributed by atoms with Crippen LogP contribution in [-0.2, 0) is 12.0 Å². The highest BCUT2D eigenvalue weighted by Gasteiger charge is 2.20. The predicted molar refractivity (Wildman–Crippen MR) is 110 cm³/mol. The first-order valence-corrected chi connectivity index (χ1v) is 9.58. The highest BCUT2D eigenvalue weighted by molar-refractivity contribution is 5.41. The van der Waals surface area contributed by atoms with Crippen LogP contribution in [0.5, 0.6) is 5.75 Å². The number of ether oxygens (including phenoxy) is 1. The molecule has 27 heavy (non-hydrogen) atoms. The van der Waals surface area contributed by atoms with E-state index in [-0.39, 0.29) is 18.6 Å². The Morgan fingerprint density at radius 2 is 1.78 bits per heavy atom. The highest BCUT2D eigenvalue weighted by Crippen LogP contribution is 2.32. The Labute approximate surface area is 163 Å². The number of rotatable bonds is 9. The standard InChI is InChI=1S/C23H33NO3/c1-18-10-11-22(21(14-18)23(2,3)4)27-17-20(26)16-24(12-13-25)15-19-8-6-5-7-9-19/h5-11,14,20,25-26H,12-13,15-17H2,1-4H3/t20-/m0/s1. The van der Waals surface area contributed by atoms with Gasteiger partial charge in [0, 0.05) is 19.6 Å². The van der Waals surface area contributed by atoms with Crippen LogP contribution in [0.25, 0.3) is 0 Å². The Hall–Kier alpha value is -1.88. The third-order valence-electron chi connectivity index (χ3n) is 4.51. The van der Waals surface area contributed by atoms with Gasteiger partial charge in [0.25, 0.3) is 0 Å². The summed E-state index contributed by atoms with van der Waals surface area (Å²) in [6, 6.07) is 16.2. The molecule has 0 aliphatic heterocycles. The van der Waals surface area contributed by atoms with E-state index in [1.165, 1.54) is 5.56 Å². The zero-order valence-electron chi connectivity index (χ0n) is 17.0. The molecule has 0 spiro atoms. The van der Waals surface area contributed by atoms with Crippen LogP contribution in [0.1, 0.15) is 37.5 Å². The van der Waals surface area contributed by atoms with Gasteiger partial charge in [-0.15, -0.1) is 0 Å². The molecule has 0 radical (unpaired) electrons. The van der Waals surface area contributed by atoms with Gasteiger partial charge in [-0.05, 0) is 29.5 Å². The Balaban J connectivity index is 1.97. The molecule has 0 aliphatic rings. The highest BCUT2D eigenvalue weighted by atomic mass is 16.5. The Morgan fingerprint density at radius 1 is 1.07 bits per heavy atom. The van der Waals surface area contributed by atoms with Gasteiger partial charge in [0.05, 0.1) is 6.61 Å². The summed E-state index contributed by atoms with van der Waals surface area (Å²) in [4.78, 5) is 2.04. The van der Waals surface area contributed by atoms with Crippen molar-refractivity contribution >= 4 is 0 Å². The Bertz CT molecular complexity index is 695. The zero-order chi connectivity index (χ0) is 19.9. The second kappa shape index (κ2) is 9.88. The number of aryl methyl sites for hydroxylation is 1. The molecule has 0 saturated heterocycles. The van der Waals surface area contributed by atoms with E-state index in [1.807, 2.05) is 35.2 Å². The molecule has 0 aromatic heterocycles. The molecule has 0 unspecified atom stereocenters. The fourth-order valence-electron chi connectivity index (χ4n) is 3.11. The van der Waals surface area contributed by atoms with Crippen LogP contribution in [0.3, 0.4) is 0 Å². The first-order chi connectivity index (χ1) is 12.8. The molecule has 2 aromatic rings. The van der Waals surface area contributed by atoms with Gasteiger partial charge in [0.1, 0.15) is 18.5 Å². The van der Waals surface area contributed by atoms with Crippen molar-refractivity contribution in [3.05, 3.63) is 65.2 Å². The van der Waals surface area contributed by atoms with E-state index >= 15 is 0 Å². The molecular formula is C23H33NO3.